The molecule has 0 bridgehead atoms. The number of hydrogen-bond acceptors (Lipinski definition) is 1. The molecule has 0 rings (SSSR count). The number of carbonyl (C=O) groups excluding carboxylic acids is 1. The molecule has 0 aliphatic rings. The summed E-state index contributed by atoms with van der Waals surface area (Å²) in [5.41, 5.74) is 0. The molecule has 0 amide bonds. The third kappa shape index (κ3) is 2.78. The van der Waals surface area contributed by atoms with Crippen molar-refractivity contribution >= 4 is 6.29 Å². The predicted molar refractivity (Wildman–Crippen MR) is 34.3 cm³/mol. The van der Waals surface area contributed by atoms with Crippen LogP contribution >= 0.6 is 0 Å². The van der Waals surface area contributed by atoms with Crippen LogP contribution in [0.15, 0.2) is 0 Å². The first-order valence-electron chi connectivity index (χ1n) is 3.03. The van der Waals surface area contributed by atoms with Crippen LogP contribution < -0.4 is 0 Å². The summed E-state index contributed by atoms with van der Waals surface area (Å²) in [6.07, 6.45) is 2.48. The average molecular weight is 113 g/mol. The Morgan fingerprint density at radius 2 is 1.88 bits per heavy atom. The lowest BCUT2D eigenvalue weighted by Crippen LogP contribution is -2.03. The Labute approximate surface area is 51.1 Å². The fraction of sp³-hybridized carbons (Fsp3) is 0.857. The first kappa shape index (κ1) is 7.67. The van der Waals surface area contributed by atoms with E-state index in [1.807, 2.05) is 6.29 Å². The van der Waals surface area contributed by atoms with Gasteiger partial charge in [-0.3, -0.25) is 4.79 Å². The standard InChI is InChI=1S/C7H13O/c1-6(2)7(3)4-5-8/h6-7H,4H2,1-3H3. The zero-order valence-corrected chi connectivity index (χ0v) is 5.77. The minimum absolute atomic E-state index is 0.493. The molecule has 0 aromatic rings. The van der Waals surface area contributed by atoms with Crippen LogP contribution in [0.5, 0.6) is 0 Å². The lowest BCUT2D eigenvalue weighted by atomic mass is 9.96. The molecule has 0 saturated carbocycles. The van der Waals surface area contributed by atoms with E-state index < -0.39 is 0 Å². The van der Waals surface area contributed by atoms with Gasteiger partial charge in [-0.1, -0.05) is 20.8 Å². The van der Waals surface area contributed by atoms with Gasteiger partial charge in [0.25, 0.3) is 0 Å². The highest BCUT2D eigenvalue weighted by Gasteiger charge is 2.04. The highest BCUT2D eigenvalue weighted by Crippen LogP contribution is 2.11. The van der Waals surface area contributed by atoms with Crippen molar-refractivity contribution in [2.45, 2.75) is 27.2 Å². The molecule has 0 aromatic heterocycles. The molecule has 1 unspecified atom stereocenters. The second-order valence-corrected chi connectivity index (χ2v) is 2.57. The van der Waals surface area contributed by atoms with E-state index in [-0.39, 0.29) is 0 Å². The average Bonchev–Trinajstić information content (AvgIpc) is 1.67. The van der Waals surface area contributed by atoms with E-state index >= 15 is 0 Å². The summed E-state index contributed by atoms with van der Waals surface area (Å²) in [5, 5.41) is 0. The van der Waals surface area contributed by atoms with Gasteiger partial charge in [0.15, 0.2) is 6.29 Å². The maximum atomic E-state index is 9.79. The second-order valence-electron chi connectivity index (χ2n) is 2.57. The lowest BCUT2D eigenvalue weighted by molar-refractivity contribution is 0.421. The van der Waals surface area contributed by atoms with E-state index in [4.69, 9.17) is 0 Å². The third-order valence-electron chi connectivity index (χ3n) is 1.54. The number of hydrogen-bond donors (Lipinski definition) is 0. The summed E-state index contributed by atoms with van der Waals surface area (Å²) in [7, 11) is 0. The van der Waals surface area contributed by atoms with Gasteiger partial charge in [-0.05, 0) is 11.8 Å². The zero-order chi connectivity index (χ0) is 6.57. The summed E-state index contributed by atoms with van der Waals surface area (Å²) in [5.74, 6) is 1.10. The summed E-state index contributed by atoms with van der Waals surface area (Å²) >= 11 is 0. The van der Waals surface area contributed by atoms with Crippen LogP contribution in [0.3, 0.4) is 0 Å². The van der Waals surface area contributed by atoms with Crippen molar-refractivity contribution in [3.05, 3.63) is 0 Å². The zero-order valence-electron chi connectivity index (χ0n) is 5.77. The summed E-state index contributed by atoms with van der Waals surface area (Å²) < 4.78 is 0. The third-order valence-corrected chi connectivity index (χ3v) is 1.54. The van der Waals surface area contributed by atoms with E-state index in [0.29, 0.717) is 18.3 Å². The van der Waals surface area contributed by atoms with Crippen molar-refractivity contribution in [2.75, 3.05) is 0 Å². The van der Waals surface area contributed by atoms with Crippen LogP contribution in [-0.2, 0) is 4.79 Å². The van der Waals surface area contributed by atoms with E-state index in [1.54, 1.807) is 0 Å². The Morgan fingerprint density at radius 1 is 1.38 bits per heavy atom. The molecule has 0 N–H and O–H groups in total. The van der Waals surface area contributed by atoms with Gasteiger partial charge < -0.3 is 0 Å². The van der Waals surface area contributed by atoms with Gasteiger partial charge in [0.2, 0.25) is 0 Å². The van der Waals surface area contributed by atoms with Crippen molar-refractivity contribution in [1.29, 1.82) is 0 Å². The molecule has 0 aliphatic carbocycles. The molecule has 47 valence electrons. The maximum absolute atomic E-state index is 9.79. The molecule has 0 aliphatic heterocycles. The van der Waals surface area contributed by atoms with Gasteiger partial charge in [-0.25, -0.2) is 0 Å². The van der Waals surface area contributed by atoms with Crippen LogP contribution in [0.4, 0.5) is 0 Å². The largest absolute Gasteiger partial charge is 0.291 e. The van der Waals surface area contributed by atoms with Gasteiger partial charge >= 0.3 is 0 Å². The van der Waals surface area contributed by atoms with Gasteiger partial charge in [-0.2, -0.15) is 0 Å². The molecule has 1 radical (unpaired) electrons. The SMILES string of the molecule is CC(C)C(C)C[C]=O. The Hall–Kier alpha value is -0.330. The van der Waals surface area contributed by atoms with Crippen molar-refractivity contribution in [1.82, 2.24) is 0 Å². The van der Waals surface area contributed by atoms with E-state index in [2.05, 4.69) is 20.8 Å². The second kappa shape index (κ2) is 3.65. The molecule has 8 heavy (non-hydrogen) atoms. The van der Waals surface area contributed by atoms with Gasteiger partial charge in [-0.15, -0.1) is 0 Å². The van der Waals surface area contributed by atoms with Crippen LogP contribution in [0.25, 0.3) is 0 Å². The van der Waals surface area contributed by atoms with E-state index in [0.717, 1.165) is 0 Å². The van der Waals surface area contributed by atoms with Gasteiger partial charge in [0.05, 0.1) is 0 Å². The van der Waals surface area contributed by atoms with E-state index in [9.17, 15) is 4.79 Å². The highest BCUT2D eigenvalue weighted by atomic mass is 16.1. The maximum Gasteiger partial charge on any atom is 0.198 e. The molecule has 0 fully saturated rings. The molecule has 1 atom stereocenters. The minimum atomic E-state index is 0.493. The Morgan fingerprint density at radius 3 is 2.00 bits per heavy atom. The van der Waals surface area contributed by atoms with Gasteiger partial charge in [0.1, 0.15) is 0 Å². The quantitative estimate of drug-likeness (QED) is 0.545. The van der Waals surface area contributed by atoms with Crippen LogP contribution in [0.1, 0.15) is 27.2 Å². The molecule has 1 heteroatoms. The molecule has 0 heterocycles. The van der Waals surface area contributed by atoms with Crippen LogP contribution in [-0.4, -0.2) is 6.29 Å². The molecule has 0 spiro atoms. The van der Waals surface area contributed by atoms with Crippen molar-refractivity contribution < 1.29 is 4.79 Å². The monoisotopic (exact) mass is 113 g/mol. The predicted octanol–water partition coefficient (Wildman–Crippen LogP) is 1.78. The Bertz CT molecular complexity index is 66.8. The van der Waals surface area contributed by atoms with Crippen molar-refractivity contribution in [2.24, 2.45) is 11.8 Å². The van der Waals surface area contributed by atoms with Crippen LogP contribution in [0, 0.1) is 11.8 Å². The lowest BCUT2D eigenvalue weighted by Gasteiger charge is -2.09. The topological polar surface area (TPSA) is 17.1 Å². The minimum Gasteiger partial charge on any atom is -0.291 e. The molecule has 1 nitrogen and oxygen atoms in total. The fourth-order valence-corrected chi connectivity index (χ4v) is 0.367. The van der Waals surface area contributed by atoms with Crippen molar-refractivity contribution in [3.63, 3.8) is 0 Å². The molecular formula is C7H13O. The molecule has 0 aromatic carbocycles. The normalized spacial score (nSPS) is 14.0. The summed E-state index contributed by atoms with van der Waals surface area (Å²) in [6.45, 7) is 6.29. The summed E-state index contributed by atoms with van der Waals surface area (Å²) in [4.78, 5) is 9.79. The highest BCUT2D eigenvalue weighted by molar-refractivity contribution is 5.50. The first-order valence-corrected chi connectivity index (χ1v) is 3.03. The molecule has 0 saturated heterocycles. The number of rotatable bonds is 3. The first-order chi connectivity index (χ1) is 3.68. The van der Waals surface area contributed by atoms with Crippen LogP contribution in [0.2, 0.25) is 0 Å². The smallest absolute Gasteiger partial charge is 0.198 e. The van der Waals surface area contributed by atoms with Crippen molar-refractivity contribution in [3.8, 4) is 0 Å². The Balaban J connectivity index is 3.30. The molecular weight excluding hydrogens is 100 g/mol. The fourth-order valence-electron chi connectivity index (χ4n) is 0.367. The Kier molecular flexibility index (Phi) is 3.49. The summed E-state index contributed by atoms with van der Waals surface area (Å²) in [6, 6.07) is 0. The van der Waals surface area contributed by atoms with E-state index in [1.165, 1.54) is 0 Å². The van der Waals surface area contributed by atoms with Gasteiger partial charge in [0, 0.05) is 6.42 Å².